The summed E-state index contributed by atoms with van der Waals surface area (Å²) in [4.78, 5) is 0. The molecular formula is C15H32O. The van der Waals surface area contributed by atoms with E-state index in [-0.39, 0.29) is 28.3 Å². The average molecular weight is 228 g/mol. The Morgan fingerprint density at radius 2 is 1.06 bits per heavy atom. The monoisotopic (exact) mass is 228 g/mol. The second-order valence-corrected chi connectivity index (χ2v) is 7.93. The van der Waals surface area contributed by atoms with Gasteiger partial charge in [0.25, 0.3) is 0 Å². The molecule has 0 amide bonds. The summed E-state index contributed by atoms with van der Waals surface area (Å²) in [5.41, 5.74) is 0.699. The lowest BCUT2D eigenvalue weighted by molar-refractivity contribution is -0.105. The van der Waals surface area contributed by atoms with E-state index in [2.05, 4.69) is 62.3 Å². The summed E-state index contributed by atoms with van der Waals surface area (Å²) in [5.74, 6) is 0. The molecule has 0 radical (unpaired) electrons. The van der Waals surface area contributed by atoms with E-state index in [0.29, 0.717) is 0 Å². The molecule has 1 N–H and O–H groups in total. The molecule has 0 bridgehead atoms. The summed E-state index contributed by atoms with van der Waals surface area (Å²) in [7, 11) is 0. The number of aliphatic hydroxyl groups is 1. The molecular weight excluding hydrogens is 196 g/mol. The molecule has 0 saturated carbocycles. The largest absolute Gasteiger partial charge is 0.396 e. The molecule has 0 aliphatic heterocycles. The van der Waals surface area contributed by atoms with Gasteiger partial charge in [0.15, 0.2) is 0 Å². The van der Waals surface area contributed by atoms with Crippen LogP contribution in [0.2, 0.25) is 0 Å². The third kappa shape index (κ3) is 2.45. The van der Waals surface area contributed by atoms with Crippen molar-refractivity contribution in [1.29, 1.82) is 0 Å². The normalized spacial score (nSPS) is 18.4. The fraction of sp³-hybridized carbons (Fsp3) is 1.00. The maximum Gasteiger partial charge on any atom is 0.0436 e. The summed E-state index contributed by atoms with van der Waals surface area (Å²) in [5, 5.41) is 9.39. The van der Waals surface area contributed by atoms with Crippen LogP contribution in [0.4, 0.5) is 0 Å². The Morgan fingerprint density at radius 3 is 1.25 bits per heavy atom. The van der Waals surface area contributed by atoms with Crippen molar-refractivity contribution < 1.29 is 5.11 Å². The van der Waals surface area contributed by atoms with Crippen LogP contribution in [0.5, 0.6) is 0 Å². The molecule has 0 heterocycles. The molecule has 0 aliphatic rings. The van der Waals surface area contributed by atoms with Crippen molar-refractivity contribution in [2.45, 2.75) is 68.7 Å². The van der Waals surface area contributed by atoms with Crippen LogP contribution in [0.3, 0.4) is 0 Å². The van der Waals surface area contributed by atoms with Crippen LogP contribution in [-0.4, -0.2) is 11.7 Å². The van der Waals surface area contributed by atoms with E-state index in [9.17, 15) is 5.11 Å². The molecule has 1 heteroatoms. The van der Waals surface area contributed by atoms with Gasteiger partial charge in [-0.2, -0.15) is 0 Å². The Balaban J connectivity index is 5.54. The molecule has 0 fully saturated rings. The molecule has 0 aromatic rings. The third-order valence-corrected chi connectivity index (χ3v) is 5.52. The highest BCUT2D eigenvalue weighted by atomic mass is 16.3. The zero-order valence-electron chi connectivity index (χ0n) is 12.9. The van der Waals surface area contributed by atoms with Crippen molar-refractivity contribution in [2.24, 2.45) is 21.7 Å². The molecule has 0 rings (SSSR count). The Kier molecular flexibility index (Phi) is 4.32. The van der Waals surface area contributed by atoms with Crippen molar-refractivity contribution in [2.75, 3.05) is 6.61 Å². The second kappa shape index (κ2) is 4.33. The fourth-order valence-corrected chi connectivity index (χ4v) is 2.68. The van der Waals surface area contributed by atoms with Gasteiger partial charge in [0.1, 0.15) is 0 Å². The predicted octanol–water partition coefficient (Wildman–Crippen LogP) is 4.49. The van der Waals surface area contributed by atoms with Gasteiger partial charge in [0.2, 0.25) is 0 Å². The van der Waals surface area contributed by atoms with Crippen LogP contribution < -0.4 is 0 Å². The molecule has 0 aromatic carbocycles. The van der Waals surface area contributed by atoms with E-state index < -0.39 is 0 Å². The molecule has 1 atom stereocenters. The standard InChI is InChI=1S/C15H32O/c1-12(2,3)14(7,8)15(9,10-11-16)13(4,5)6/h16H,10-11H2,1-9H3. The summed E-state index contributed by atoms with van der Waals surface area (Å²) in [6.07, 6.45) is 0.862. The van der Waals surface area contributed by atoms with Crippen LogP contribution >= 0.6 is 0 Å². The van der Waals surface area contributed by atoms with E-state index >= 15 is 0 Å². The predicted molar refractivity (Wildman–Crippen MR) is 72.5 cm³/mol. The highest BCUT2D eigenvalue weighted by molar-refractivity contribution is 5.02. The van der Waals surface area contributed by atoms with E-state index in [1.165, 1.54) is 0 Å². The summed E-state index contributed by atoms with van der Waals surface area (Å²) >= 11 is 0. The zero-order valence-corrected chi connectivity index (χ0v) is 12.9. The Labute approximate surface area is 103 Å². The first kappa shape index (κ1) is 16.0. The lowest BCUT2D eigenvalue weighted by atomic mass is 9.46. The quantitative estimate of drug-likeness (QED) is 0.754. The first-order chi connectivity index (χ1) is 6.81. The van der Waals surface area contributed by atoms with E-state index in [4.69, 9.17) is 0 Å². The SMILES string of the molecule is CC(C)(C)C(C)(C)C(C)(CCO)C(C)(C)C. The van der Waals surface area contributed by atoms with Crippen molar-refractivity contribution in [3.8, 4) is 0 Å². The summed E-state index contributed by atoms with van der Waals surface area (Å²) in [6, 6.07) is 0. The number of hydrogen-bond acceptors (Lipinski definition) is 1. The van der Waals surface area contributed by atoms with Crippen molar-refractivity contribution in [3.05, 3.63) is 0 Å². The number of aliphatic hydroxyl groups excluding tert-OH is 1. The van der Waals surface area contributed by atoms with Gasteiger partial charge in [0.05, 0.1) is 0 Å². The highest BCUT2D eigenvalue weighted by Gasteiger charge is 2.53. The molecule has 0 aliphatic carbocycles. The van der Waals surface area contributed by atoms with Crippen LogP contribution in [0.1, 0.15) is 68.7 Å². The van der Waals surface area contributed by atoms with Gasteiger partial charge < -0.3 is 5.11 Å². The molecule has 0 spiro atoms. The molecule has 1 nitrogen and oxygen atoms in total. The maximum absolute atomic E-state index is 9.39. The summed E-state index contributed by atoms with van der Waals surface area (Å²) < 4.78 is 0. The van der Waals surface area contributed by atoms with Gasteiger partial charge in [-0.15, -0.1) is 0 Å². The van der Waals surface area contributed by atoms with Gasteiger partial charge in [-0.25, -0.2) is 0 Å². The fourth-order valence-electron chi connectivity index (χ4n) is 2.68. The zero-order chi connectivity index (χ0) is 13.4. The van der Waals surface area contributed by atoms with Crippen LogP contribution in [-0.2, 0) is 0 Å². The van der Waals surface area contributed by atoms with Gasteiger partial charge in [0, 0.05) is 6.61 Å². The second-order valence-electron chi connectivity index (χ2n) is 7.93. The average Bonchev–Trinajstić information content (AvgIpc) is 1.99. The van der Waals surface area contributed by atoms with Gasteiger partial charge in [-0.3, -0.25) is 0 Å². The molecule has 1 unspecified atom stereocenters. The molecule has 0 saturated heterocycles. The van der Waals surface area contributed by atoms with E-state index in [1.54, 1.807) is 0 Å². The van der Waals surface area contributed by atoms with Gasteiger partial charge >= 0.3 is 0 Å². The third-order valence-electron chi connectivity index (χ3n) is 5.52. The Morgan fingerprint density at radius 1 is 0.688 bits per heavy atom. The Bertz CT molecular complexity index is 227. The number of hydrogen-bond donors (Lipinski definition) is 1. The first-order valence-electron chi connectivity index (χ1n) is 6.42. The van der Waals surface area contributed by atoms with Crippen molar-refractivity contribution in [3.63, 3.8) is 0 Å². The minimum atomic E-state index is 0.118. The van der Waals surface area contributed by atoms with Crippen LogP contribution in [0, 0.1) is 21.7 Å². The first-order valence-corrected chi connectivity index (χ1v) is 6.42. The van der Waals surface area contributed by atoms with E-state index in [1.807, 2.05) is 0 Å². The van der Waals surface area contributed by atoms with E-state index in [0.717, 1.165) is 6.42 Å². The minimum absolute atomic E-state index is 0.118. The van der Waals surface area contributed by atoms with Crippen molar-refractivity contribution in [1.82, 2.24) is 0 Å². The van der Waals surface area contributed by atoms with Crippen molar-refractivity contribution >= 4 is 0 Å². The molecule has 16 heavy (non-hydrogen) atoms. The summed E-state index contributed by atoms with van der Waals surface area (Å²) in [6.45, 7) is 21.0. The van der Waals surface area contributed by atoms with Crippen LogP contribution in [0.25, 0.3) is 0 Å². The number of rotatable bonds is 3. The topological polar surface area (TPSA) is 20.2 Å². The van der Waals surface area contributed by atoms with Gasteiger partial charge in [-0.1, -0.05) is 62.3 Å². The smallest absolute Gasteiger partial charge is 0.0436 e. The lowest BCUT2D eigenvalue weighted by Gasteiger charge is -2.58. The minimum Gasteiger partial charge on any atom is -0.396 e. The van der Waals surface area contributed by atoms with Gasteiger partial charge in [-0.05, 0) is 28.1 Å². The Hall–Kier alpha value is -0.0400. The molecule has 0 aromatic heterocycles. The lowest BCUT2D eigenvalue weighted by Crippen LogP contribution is -2.52. The molecule has 98 valence electrons. The maximum atomic E-state index is 9.39. The highest BCUT2D eigenvalue weighted by Crippen LogP contribution is 2.60. The van der Waals surface area contributed by atoms with Crippen LogP contribution in [0.15, 0.2) is 0 Å².